The minimum absolute atomic E-state index is 0.0490. The summed E-state index contributed by atoms with van der Waals surface area (Å²) >= 11 is 0. The Morgan fingerprint density at radius 1 is 1.19 bits per heavy atom. The molecule has 0 bridgehead atoms. The van der Waals surface area contributed by atoms with Crippen molar-refractivity contribution in [2.24, 2.45) is 5.73 Å². The first-order valence-corrected chi connectivity index (χ1v) is 7.28. The molecule has 0 fully saturated rings. The maximum absolute atomic E-state index is 11.6. The smallest absolute Gasteiger partial charge is 0.228 e. The molecule has 1 aliphatic rings. The molecule has 0 spiro atoms. The number of benzene rings is 2. The first kappa shape index (κ1) is 13.8. The SMILES string of the molecule is Cc1c(C(N)Cc2ccccc2)cc2c(c1C)NC(=O)C2. The van der Waals surface area contributed by atoms with E-state index in [2.05, 4.69) is 37.4 Å². The molecule has 0 radical (unpaired) electrons. The fourth-order valence-corrected chi connectivity index (χ4v) is 3.05. The number of anilines is 1. The highest BCUT2D eigenvalue weighted by molar-refractivity contribution is 6.00. The summed E-state index contributed by atoms with van der Waals surface area (Å²) in [5.74, 6) is 0.0706. The molecule has 1 heterocycles. The topological polar surface area (TPSA) is 55.1 Å². The first-order valence-electron chi connectivity index (χ1n) is 7.28. The fraction of sp³-hybridized carbons (Fsp3) is 0.278. The van der Waals surface area contributed by atoms with Gasteiger partial charge in [-0.1, -0.05) is 36.4 Å². The van der Waals surface area contributed by atoms with E-state index in [1.807, 2.05) is 18.2 Å². The number of hydrogen-bond acceptors (Lipinski definition) is 2. The largest absolute Gasteiger partial charge is 0.325 e. The van der Waals surface area contributed by atoms with Crippen molar-refractivity contribution in [1.29, 1.82) is 0 Å². The molecule has 0 saturated heterocycles. The molecule has 1 atom stereocenters. The van der Waals surface area contributed by atoms with Gasteiger partial charge in [-0.25, -0.2) is 0 Å². The second-order valence-electron chi connectivity index (χ2n) is 5.77. The lowest BCUT2D eigenvalue weighted by Gasteiger charge is -2.19. The predicted octanol–water partition coefficient (Wildman–Crippen LogP) is 3.04. The summed E-state index contributed by atoms with van der Waals surface area (Å²) in [4.78, 5) is 11.6. The highest BCUT2D eigenvalue weighted by Crippen LogP contribution is 2.34. The zero-order valence-electron chi connectivity index (χ0n) is 12.4. The van der Waals surface area contributed by atoms with Crippen LogP contribution in [0.2, 0.25) is 0 Å². The summed E-state index contributed by atoms with van der Waals surface area (Å²) < 4.78 is 0. The lowest BCUT2D eigenvalue weighted by molar-refractivity contribution is -0.115. The summed E-state index contributed by atoms with van der Waals surface area (Å²) in [6, 6.07) is 12.3. The van der Waals surface area contributed by atoms with Gasteiger partial charge in [-0.2, -0.15) is 0 Å². The third-order valence-corrected chi connectivity index (χ3v) is 4.33. The van der Waals surface area contributed by atoms with Crippen LogP contribution in [0.4, 0.5) is 5.69 Å². The fourth-order valence-electron chi connectivity index (χ4n) is 3.05. The highest BCUT2D eigenvalue weighted by atomic mass is 16.1. The van der Waals surface area contributed by atoms with Gasteiger partial charge in [0.2, 0.25) is 5.91 Å². The lowest BCUT2D eigenvalue weighted by Crippen LogP contribution is -2.15. The molecule has 1 amide bonds. The highest BCUT2D eigenvalue weighted by Gasteiger charge is 2.23. The number of nitrogens with two attached hydrogens (primary N) is 1. The molecule has 2 aromatic rings. The molecule has 3 N–H and O–H groups in total. The van der Waals surface area contributed by atoms with Crippen LogP contribution in [-0.2, 0) is 17.6 Å². The molecule has 108 valence electrons. The van der Waals surface area contributed by atoms with E-state index in [9.17, 15) is 4.79 Å². The van der Waals surface area contributed by atoms with Crippen molar-refractivity contribution in [3.05, 3.63) is 64.2 Å². The lowest BCUT2D eigenvalue weighted by atomic mass is 9.90. The van der Waals surface area contributed by atoms with Gasteiger partial charge in [0.05, 0.1) is 6.42 Å². The normalized spacial score (nSPS) is 14.7. The first-order chi connectivity index (χ1) is 10.1. The summed E-state index contributed by atoms with van der Waals surface area (Å²) in [5, 5.41) is 2.94. The summed E-state index contributed by atoms with van der Waals surface area (Å²) in [7, 11) is 0. The number of rotatable bonds is 3. The summed E-state index contributed by atoms with van der Waals surface area (Å²) in [5.41, 5.74) is 13.2. The molecule has 3 nitrogen and oxygen atoms in total. The molecule has 0 aromatic heterocycles. The van der Waals surface area contributed by atoms with Crippen molar-refractivity contribution in [2.45, 2.75) is 32.7 Å². The molecule has 1 aliphatic heterocycles. The Kier molecular flexibility index (Phi) is 3.52. The van der Waals surface area contributed by atoms with Crippen LogP contribution in [-0.4, -0.2) is 5.91 Å². The third-order valence-electron chi connectivity index (χ3n) is 4.33. The average molecular weight is 280 g/mol. The number of nitrogens with one attached hydrogen (secondary N) is 1. The molecule has 1 unspecified atom stereocenters. The van der Waals surface area contributed by atoms with Crippen molar-refractivity contribution in [3.63, 3.8) is 0 Å². The number of amides is 1. The monoisotopic (exact) mass is 280 g/mol. The van der Waals surface area contributed by atoms with Gasteiger partial charge in [0, 0.05) is 11.7 Å². The van der Waals surface area contributed by atoms with E-state index in [-0.39, 0.29) is 11.9 Å². The van der Waals surface area contributed by atoms with E-state index in [1.165, 1.54) is 11.1 Å². The molecule has 3 rings (SSSR count). The van der Waals surface area contributed by atoms with Crippen LogP contribution in [0.25, 0.3) is 0 Å². The Balaban J connectivity index is 1.94. The summed E-state index contributed by atoms with van der Waals surface area (Å²) in [6.07, 6.45) is 1.27. The van der Waals surface area contributed by atoms with E-state index in [0.717, 1.165) is 28.8 Å². The Bertz CT molecular complexity index is 692. The van der Waals surface area contributed by atoms with E-state index in [4.69, 9.17) is 5.73 Å². The molecule has 21 heavy (non-hydrogen) atoms. The Morgan fingerprint density at radius 2 is 1.90 bits per heavy atom. The van der Waals surface area contributed by atoms with Gasteiger partial charge in [-0.3, -0.25) is 4.79 Å². The van der Waals surface area contributed by atoms with Crippen LogP contribution in [0.5, 0.6) is 0 Å². The molecular formula is C18H20N2O. The van der Waals surface area contributed by atoms with Gasteiger partial charge >= 0.3 is 0 Å². The number of hydrogen-bond donors (Lipinski definition) is 2. The van der Waals surface area contributed by atoms with E-state index >= 15 is 0 Å². The van der Waals surface area contributed by atoms with Crippen molar-refractivity contribution < 1.29 is 4.79 Å². The molecule has 0 aliphatic carbocycles. The van der Waals surface area contributed by atoms with Crippen molar-refractivity contribution >= 4 is 11.6 Å². The van der Waals surface area contributed by atoms with Gasteiger partial charge in [-0.15, -0.1) is 0 Å². The van der Waals surface area contributed by atoms with E-state index < -0.39 is 0 Å². The molecule has 3 heteroatoms. The molecular weight excluding hydrogens is 260 g/mol. The predicted molar refractivity (Wildman–Crippen MR) is 85.3 cm³/mol. The van der Waals surface area contributed by atoms with Gasteiger partial charge < -0.3 is 11.1 Å². The molecule has 0 saturated carbocycles. The van der Waals surface area contributed by atoms with E-state index in [1.54, 1.807) is 0 Å². The van der Waals surface area contributed by atoms with Crippen LogP contribution in [0.3, 0.4) is 0 Å². The number of fused-ring (bicyclic) bond motifs is 1. The molecule has 2 aromatic carbocycles. The maximum atomic E-state index is 11.6. The Morgan fingerprint density at radius 3 is 2.62 bits per heavy atom. The Hall–Kier alpha value is -2.13. The van der Waals surface area contributed by atoms with Crippen LogP contribution >= 0.6 is 0 Å². The average Bonchev–Trinajstić information content (AvgIpc) is 2.85. The maximum Gasteiger partial charge on any atom is 0.228 e. The van der Waals surface area contributed by atoms with Gasteiger partial charge in [0.15, 0.2) is 0 Å². The van der Waals surface area contributed by atoms with Gasteiger partial charge in [0.25, 0.3) is 0 Å². The minimum atomic E-state index is -0.0490. The number of carbonyl (C=O) groups is 1. The zero-order chi connectivity index (χ0) is 15.0. The minimum Gasteiger partial charge on any atom is -0.325 e. The van der Waals surface area contributed by atoms with Crippen LogP contribution in [0, 0.1) is 13.8 Å². The Labute approximate surface area is 125 Å². The van der Waals surface area contributed by atoms with Crippen molar-refractivity contribution in [1.82, 2.24) is 0 Å². The van der Waals surface area contributed by atoms with Gasteiger partial charge in [-0.05, 0) is 48.1 Å². The van der Waals surface area contributed by atoms with Gasteiger partial charge in [0.1, 0.15) is 0 Å². The standard InChI is InChI=1S/C18H20N2O/c1-11-12(2)18-14(10-17(21)20-18)9-15(11)16(19)8-13-6-4-3-5-7-13/h3-7,9,16H,8,10,19H2,1-2H3,(H,20,21). The van der Waals surface area contributed by atoms with E-state index in [0.29, 0.717) is 6.42 Å². The van der Waals surface area contributed by atoms with Crippen molar-refractivity contribution in [2.75, 3.05) is 5.32 Å². The number of carbonyl (C=O) groups excluding carboxylic acids is 1. The third kappa shape index (κ3) is 2.57. The van der Waals surface area contributed by atoms with Crippen LogP contribution < -0.4 is 11.1 Å². The quantitative estimate of drug-likeness (QED) is 0.908. The van der Waals surface area contributed by atoms with Crippen molar-refractivity contribution in [3.8, 4) is 0 Å². The zero-order valence-corrected chi connectivity index (χ0v) is 12.4. The second-order valence-corrected chi connectivity index (χ2v) is 5.77. The second kappa shape index (κ2) is 5.34. The van der Waals surface area contributed by atoms with Crippen LogP contribution in [0.15, 0.2) is 36.4 Å². The summed E-state index contributed by atoms with van der Waals surface area (Å²) in [6.45, 7) is 4.14. The van der Waals surface area contributed by atoms with Crippen LogP contribution in [0.1, 0.15) is 33.9 Å².